The van der Waals surface area contributed by atoms with Crippen LogP contribution in [0.5, 0.6) is 0 Å². The van der Waals surface area contributed by atoms with Gasteiger partial charge in [0.1, 0.15) is 10.5 Å². The second-order valence-electron chi connectivity index (χ2n) is 3.89. The van der Waals surface area contributed by atoms with Crippen LogP contribution in [0.2, 0.25) is 5.28 Å². The first-order valence-electron chi connectivity index (χ1n) is 5.95. The van der Waals surface area contributed by atoms with Gasteiger partial charge in [0.05, 0.1) is 18.6 Å². The van der Waals surface area contributed by atoms with Crippen molar-refractivity contribution >= 4 is 40.4 Å². The molecule has 2 aromatic heterocycles. The number of halogens is 1. The van der Waals surface area contributed by atoms with Gasteiger partial charge in [0.15, 0.2) is 11.9 Å². The summed E-state index contributed by atoms with van der Waals surface area (Å²) in [6.07, 6.45) is 1.04. The molecule has 0 aliphatic heterocycles. The summed E-state index contributed by atoms with van der Waals surface area (Å²) in [6, 6.07) is 0. The van der Waals surface area contributed by atoms with E-state index < -0.39 is 6.29 Å². The standard InChI is InChI=1S/C11H14ClN5O3S/c1-19-7(20-2)3-13-6(18)4-21-10-8-9(15-5-14-8)16-11(12)17-10/h5,7H,3-4H2,1-2H3,(H,13,18)(H,14,15,16,17). The van der Waals surface area contributed by atoms with Gasteiger partial charge in [-0.05, 0) is 11.6 Å². The highest BCUT2D eigenvalue weighted by Gasteiger charge is 2.12. The van der Waals surface area contributed by atoms with Gasteiger partial charge in [0.25, 0.3) is 0 Å². The molecule has 0 fully saturated rings. The number of fused-ring (bicyclic) bond motifs is 1. The summed E-state index contributed by atoms with van der Waals surface area (Å²) in [4.78, 5) is 26.8. The van der Waals surface area contributed by atoms with Crippen molar-refractivity contribution in [2.45, 2.75) is 11.3 Å². The molecule has 0 radical (unpaired) electrons. The molecular formula is C11H14ClN5O3S. The first-order valence-corrected chi connectivity index (χ1v) is 7.32. The smallest absolute Gasteiger partial charge is 0.230 e. The Kier molecular flexibility index (Phi) is 5.74. The topological polar surface area (TPSA) is 102 Å². The molecule has 1 amide bonds. The highest BCUT2D eigenvalue weighted by atomic mass is 35.5. The van der Waals surface area contributed by atoms with E-state index in [0.717, 1.165) is 0 Å². The van der Waals surface area contributed by atoms with Crippen LogP contribution in [0.3, 0.4) is 0 Å². The Morgan fingerprint density at radius 3 is 2.95 bits per heavy atom. The number of ether oxygens (including phenoxy) is 2. The molecule has 0 bridgehead atoms. The number of hydrogen-bond donors (Lipinski definition) is 2. The molecule has 21 heavy (non-hydrogen) atoms. The predicted octanol–water partition coefficient (Wildman–Crippen LogP) is 0.834. The van der Waals surface area contributed by atoms with Crippen molar-refractivity contribution in [2.75, 3.05) is 26.5 Å². The number of H-pyrrole nitrogens is 1. The quantitative estimate of drug-likeness (QED) is 0.335. The third-order valence-corrected chi connectivity index (χ3v) is 3.70. The highest BCUT2D eigenvalue weighted by molar-refractivity contribution is 8.00. The molecule has 0 saturated heterocycles. The number of rotatable bonds is 7. The van der Waals surface area contributed by atoms with Crippen molar-refractivity contribution in [3.8, 4) is 0 Å². The largest absolute Gasteiger partial charge is 0.354 e. The molecule has 2 aromatic rings. The van der Waals surface area contributed by atoms with Crippen molar-refractivity contribution in [3.63, 3.8) is 0 Å². The number of nitrogens with one attached hydrogen (secondary N) is 2. The molecule has 10 heteroatoms. The number of carbonyl (C=O) groups excluding carboxylic acids is 1. The molecule has 0 unspecified atom stereocenters. The predicted molar refractivity (Wildman–Crippen MR) is 78.2 cm³/mol. The Labute approximate surface area is 130 Å². The van der Waals surface area contributed by atoms with E-state index in [-0.39, 0.29) is 23.5 Å². The number of amides is 1. The molecule has 0 aromatic carbocycles. The van der Waals surface area contributed by atoms with E-state index in [1.54, 1.807) is 0 Å². The minimum atomic E-state index is -0.466. The fraction of sp³-hybridized carbons (Fsp3) is 0.455. The van der Waals surface area contributed by atoms with Gasteiger partial charge in [-0.15, -0.1) is 0 Å². The van der Waals surface area contributed by atoms with E-state index in [0.29, 0.717) is 16.2 Å². The van der Waals surface area contributed by atoms with E-state index in [4.69, 9.17) is 21.1 Å². The van der Waals surface area contributed by atoms with Crippen LogP contribution in [0.1, 0.15) is 0 Å². The lowest BCUT2D eigenvalue weighted by Gasteiger charge is -2.13. The van der Waals surface area contributed by atoms with Gasteiger partial charge >= 0.3 is 0 Å². The van der Waals surface area contributed by atoms with E-state index >= 15 is 0 Å². The average molecular weight is 332 g/mol. The van der Waals surface area contributed by atoms with Crippen molar-refractivity contribution in [3.05, 3.63) is 11.6 Å². The molecule has 2 N–H and O–H groups in total. The maximum Gasteiger partial charge on any atom is 0.230 e. The Hall–Kier alpha value is -1.42. The van der Waals surface area contributed by atoms with Crippen LogP contribution >= 0.6 is 23.4 Å². The number of hydrogen-bond acceptors (Lipinski definition) is 7. The summed E-state index contributed by atoms with van der Waals surface area (Å²) in [5.74, 6) is 0.0169. The number of thioether (sulfide) groups is 1. The fourth-order valence-electron chi connectivity index (χ4n) is 1.53. The zero-order chi connectivity index (χ0) is 15.2. The Bertz CT molecular complexity index is 619. The molecule has 0 spiro atoms. The molecular weight excluding hydrogens is 318 g/mol. The number of nitrogens with zero attached hydrogens (tertiary/aromatic N) is 3. The molecule has 2 rings (SSSR count). The molecule has 0 aliphatic rings. The number of imidazole rings is 1. The first-order chi connectivity index (χ1) is 10.1. The lowest BCUT2D eigenvalue weighted by Crippen LogP contribution is -2.35. The lowest BCUT2D eigenvalue weighted by molar-refractivity contribution is -0.125. The summed E-state index contributed by atoms with van der Waals surface area (Å²) in [6.45, 7) is 0.274. The molecule has 114 valence electrons. The van der Waals surface area contributed by atoms with Crippen molar-refractivity contribution in [2.24, 2.45) is 0 Å². The average Bonchev–Trinajstić information content (AvgIpc) is 2.94. The summed E-state index contributed by atoms with van der Waals surface area (Å²) in [7, 11) is 3.01. The van der Waals surface area contributed by atoms with Gasteiger partial charge in [-0.3, -0.25) is 4.79 Å². The number of aromatic amines is 1. The van der Waals surface area contributed by atoms with Crippen LogP contribution in [-0.2, 0) is 14.3 Å². The van der Waals surface area contributed by atoms with Crippen LogP contribution in [0, 0.1) is 0 Å². The van der Waals surface area contributed by atoms with Gasteiger partial charge in [0.2, 0.25) is 11.2 Å². The minimum Gasteiger partial charge on any atom is -0.354 e. The van der Waals surface area contributed by atoms with Crippen LogP contribution in [0.4, 0.5) is 0 Å². The van der Waals surface area contributed by atoms with Gasteiger partial charge < -0.3 is 19.8 Å². The third-order valence-electron chi connectivity index (χ3n) is 2.56. The van der Waals surface area contributed by atoms with Crippen LogP contribution < -0.4 is 5.32 Å². The molecule has 0 atom stereocenters. The SMILES string of the molecule is COC(CNC(=O)CSc1nc(Cl)nc2nc[nH]c12)OC. The van der Waals surface area contributed by atoms with Crippen molar-refractivity contribution in [1.29, 1.82) is 0 Å². The zero-order valence-electron chi connectivity index (χ0n) is 11.4. The molecule has 0 saturated carbocycles. The number of methoxy groups -OCH3 is 2. The van der Waals surface area contributed by atoms with E-state index in [1.807, 2.05) is 0 Å². The minimum absolute atomic E-state index is 0.0938. The monoisotopic (exact) mass is 331 g/mol. The van der Waals surface area contributed by atoms with Gasteiger partial charge in [-0.2, -0.15) is 4.98 Å². The summed E-state index contributed by atoms with van der Waals surface area (Å²) in [5.41, 5.74) is 1.13. The normalized spacial score (nSPS) is 11.2. The Balaban J connectivity index is 1.92. The molecule has 0 aliphatic carbocycles. The summed E-state index contributed by atoms with van der Waals surface area (Å²) >= 11 is 7.06. The maximum atomic E-state index is 11.8. The first kappa shape index (κ1) is 16.0. The van der Waals surface area contributed by atoms with Gasteiger partial charge in [-0.1, -0.05) is 11.8 Å². The van der Waals surface area contributed by atoms with Crippen LogP contribution in [-0.4, -0.2) is 58.7 Å². The molecule has 2 heterocycles. The zero-order valence-corrected chi connectivity index (χ0v) is 13.0. The van der Waals surface area contributed by atoms with Gasteiger partial charge in [0, 0.05) is 14.2 Å². The Morgan fingerprint density at radius 1 is 1.48 bits per heavy atom. The molecule has 8 nitrogen and oxygen atoms in total. The number of carbonyl (C=O) groups is 1. The third kappa shape index (κ3) is 4.27. The maximum absolute atomic E-state index is 11.8. The second kappa shape index (κ2) is 7.55. The fourth-order valence-corrected chi connectivity index (χ4v) is 2.56. The lowest BCUT2D eigenvalue weighted by atomic mass is 10.5. The van der Waals surface area contributed by atoms with E-state index in [1.165, 1.54) is 32.3 Å². The van der Waals surface area contributed by atoms with Gasteiger partial charge in [-0.25, -0.2) is 9.97 Å². The Morgan fingerprint density at radius 2 is 2.24 bits per heavy atom. The van der Waals surface area contributed by atoms with Crippen molar-refractivity contribution in [1.82, 2.24) is 25.3 Å². The van der Waals surface area contributed by atoms with Crippen LogP contribution in [0.15, 0.2) is 11.4 Å². The van der Waals surface area contributed by atoms with E-state index in [9.17, 15) is 4.79 Å². The summed E-state index contributed by atoms with van der Waals surface area (Å²) < 4.78 is 9.96. The summed E-state index contributed by atoms with van der Waals surface area (Å²) in [5, 5.41) is 3.37. The highest BCUT2D eigenvalue weighted by Crippen LogP contribution is 2.23. The second-order valence-corrected chi connectivity index (χ2v) is 5.19. The van der Waals surface area contributed by atoms with Crippen molar-refractivity contribution < 1.29 is 14.3 Å². The van der Waals surface area contributed by atoms with E-state index in [2.05, 4.69) is 25.3 Å². The number of aromatic nitrogens is 4. The van der Waals surface area contributed by atoms with Crippen LogP contribution in [0.25, 0.3) is 11.2 Å².